The molecule has 0 aliphatic carbocycles. The number of hydrogen-bond donors (Lipinski definition) is 1. The molecule has 2 aromatic rings. The smallest absolute Gasteiger partial charge is 0.264 e. The second-order valence-electron chi connectivity index (χ2n) is 6.38. The highest BCUT2D eigenvalue weighted by Crippen LogP contribution is 2.30. The summed E-state index contributed by atoms with van der Waals surface area (Å²) in [5.41, 5.74) is 0. The van der Waals surface area contributed by atoms with Crippen molar-refractivity contribution in [3.8, 4) is 11.5 Å². The number of fused-ring (bicyclic) bond motifs is 1. The second-order valence-corrected chi connectivity index (χ2v) is 7.32. The fraction of sp³-hybridized carbons (Fsp3) is 0.368. The van der Waals surface area contributed by atoms with Gasteiger partial charge in [-0.3, -0.25) is 9.59 Å². The van der Waals surface area contributed by atoms with Gasteiger partial charge in [0.25, 0.3) is 5.91 Å². The highest BCUT2D eigenvalue weighted by atomic mass is 32.1. The Labute approximate surface area is 155 Å². The van der Waals surface area contributed by atoms with Crippen molar-refractivity contribution < 1.29 is 19.1 Å². The molecule has 0 spiro atoms. The summed E-state index contributed by atoms with van der Waals surface area (Å²) in [6.07, 6.45) is 1.29. The zero-order valence-corrected chi connectivity index (χ0v) is 15.0. The number of hydrogen-bond acceptors (Lipinski definition) is 5. The summed E-state index contributed by atoms with van der Waals surface area (Å²) >= 11 is 1.40. The monoisotopic (exact) mass is 372 g/mol. The minimum absolute atomic E-state index is 0.0659. The van der Waals surface area contributed by atoms with Crippen LogP contribution in [0, 0.1) is 0 Å². The molecule has 4 rings (SSSR count). The van der Waals surface area contributed by atoms with Gasteiger partial charge in [-0.15, -0.1) is 11.3 Å². The van der Waals surface area contributed by atoms with Gasteiger partial charge in [0.2, 0.25) is 5.91 Å². The van der Waals surface area contributed by atoms with Crippen LogP contribution in [-0.2, 0) is 4.79 Å². The molecule has 2 aliphatic rings. The van der Waals surface area contributed by atoms with E-state index in [1.165, 1.54) is 11.3 Å². The standard InChI is InChI=1S/C19H20N2O4S/c22-18(14-5-3-9-21(14)19(23)17-8-4-10-26-17)20-11-13-12-24-15-6-1-2-7-16(15)25-13/h1-2,4,6-8,10,13-14H,3,5,9,11-12H2,(H,20,22). The number of amides is 2. The van der Waals surface area contributed by atoms with Gasteiger partial charge in [0.05, 0.1) is 11.4 Å². The van der Waals surface area contributed by atoms with Gasteiger partial charge >= 0.3 is 0 Å². The Morgan fingerprint density at radius 2 is 2.04 bits per heavy atom. The predicted molar refractivity (Wildman–Crippen MR) is 97.7 cm³/mol. The van der Waals surface area contributed by atoms with E-state index < -0.39 is 6.04 Å². The summed E-state index contributed by atoms with van der Waals surface area (Å²) in [5, 5.41) is 4.79. The van der Waals surface area contributed by atoms with Crippen LogP contribution in [0.4, 0.5) is 0 Å². The molecule has 26 heavy (non-hydrogen) atoms. The highest BCUT2D eigenvalue weighted by molar-refractivity contribution is 7.12. The van der Waals surface area contributed by atoms with Crippen LogP contribution >= 0.6 is 11.3 Å². The number of ether oxygens (including phenoxy) is 2. The van der Waals surface area contributed by atoms with Crippen LogP contribution < -0.4 is 14.8 Å². The molecule has 1 saturated heterocycles. The molecule has 1 aromatic carbocycles. The molecule has 0 saturated carbocycles. The average molecular weight is 372 g/mol. The van der Waals surface area contributed by atoms with E-state index in [-0.39, 0.29) is 17.9 Å². The lowest BCUT2D eigenvalue weighted by atomic mass is 10.2. The number of nitrogens with one attached hydrogen (secondary N) is 1. The first kappa shape index (κ1) is 16.9. The Hall–Kier alpha value is -2.54. The minimum atomic E-state index is -0.415. The van der Waals surface area contributed by atoms with Gasteiger partial charge in [0, 0.05) is 6.54 Å². The molecule has 3 heterocycles. The lowest BCUT2D eigenvalue weighted by molar-refractivity contribution is -0.125. The van der Waals surface area contributed by atoms with Crippen molar-refractivity contribution in [2.75, 3.05) is 19.7 Å². The molecular formula is C19H20N2O4S. The van der Waals surface area contributed by atoms with Gasteiger partial charge < -0.3 is 19.7 Å². The molecule has 6 nitrogen and oxygen atoms in total. The van der Waals surface area contributed by atoms with Crippen LogP contribution in [0.3, 0.4) is 0 Å². The van der Waals surface area contributed by atoms with Crippen molar-refractivity contribution in [2.45, 2.75) is 25.0 Å². The van der Waals surface area contributed by atoms with E-state index in [4.69, 9.17) is 9.47 Å². The number of para-hydroxylation sites is 2. The van der Waals surface area contributed by atoms with Crippen molar-refractivity contribution in [3.63, 3.8) is 0 Å². The summed E-state index contributed by atoms with van der Waals surface area (Å²) in [6, 6.07) is 10.7. The molecule has 1 fully saturated rings. The first-order chi connectivity index (χ1) is 12.7. The van der Waals surface area contributed by atoms with E-state index in [9.17, 15) is 9.59 Å². The Morgan fingerprint density at radius 1 is 1.19 bits per heavy atom. The van der Waals surface area contributed by atoms with Gasteiger partial charge in [0.1, 0.15) is 18.8 Å². The van der Waals surface area contributed by atoms with Gasteiger partial charge in [-0.25, -0.2) is 0 Å². The third kappa shape index (κ3) is 3.39. The van der Waals surface area contributed by atoms with Crippen LogP contribution in [-0.4, -0.2) is 48.6 Å². The first-order valence-corrected chi connectivity index (χ1v) is 9.61. The van der Waals surface area contributed by atoms with E-state index in [0.717, 1.165) is 12.2 Å². The maximum absolute atomic E-state index is 12.6. The molecule has 2 aliphatic heterocycles. The molecule has 1 aromatic heterocycles. The summed E-state index contributed by atoms with van der Waals surface area (Å²) in [7, 11) is 0. The Bertz CT molecular complexity index is 793. The van der Waals surface area contributed by atoms with Crippen LogP contribution in [0.15, 0.2) is 41.8 Å². The van der Waals surface area contributed by atoms with Crippen molar-refractivity contribution in [1.29, 1.82) is 0 Å². The average Bonchev–Trinajstić information content (AvgIpc) is 3.37. The zero-order chi connectivity index (χ0) is 17.9. The third-order valence-corrected chi connectivity index (χ3v) is 5.48. The summed E-state index contributed by atoms with van der Waals surface area (Å²) < 4.78 is 11.5. The van der Waals surface area contributed by atoms with Crippen LogP contribution in [0.1, 0.15) is 22.5 Å². The van der Waals surface area contributed by atoms with E-state index in [0.29, 0.717) is 36.7 Å². The quantitative estimate of drug-likeness (QED) is 0.894. The van der Waals surface area contributed by atoms with Gasteiger partial charge in [0.15, 0.2) is 11.5 Å². The molecule has 7 heteroatoms. The minimum Gasteiger partial charge on any atom is -0.486 e. The molecule has 136 valence electrons. The van der Waals surface area contributed by atoms with Gasteiger partial charge in [-0.2, -0.15) is 0 Å². The summed E-state index contributed by atoms with van der Waals surface area (Å²) in [6.45, 7) is 1.36. The van der Waals surface area contributed by atoms with Gasteiger partial charge in [-0.1, -0.05) is 18.2 Å². The fourth-order valence-electron chi connectivity index (χ4n) is 3.32. The van der Waals surface area contributed by atoms with Crippen LogP contribution in [0.25, 0.3) is 0 Å². The largest absolute Gasteiger partial charge is 0.486 e. The zero-order valence-electron chi connectivity index (χ0n) is 14.2. The molecule has 2 amide bonds. The molecule has 2 atom stereocenters. The van der Waals surface area contributed by atoms with Crippen molar-refractivity contribution >= 4 is 23.2 Å². The molecule has 1 N–H and O–H groups in total. The molecular weight excluding hydrogens is 352 g/mol. The SMILES string of the molecule is O=C(NCC1COc2ccccc2O1)C1CCCN1C(=O)c1cccs1. The molecule has 2 unspecified atom stereocenters. The summed E-state index contributed by atoms with van der Waals surface area (Å²) in [4.78, 5) is 27.5. The number of carbonyl (C=O) groups excluding carboxylic acids is 2. The Balaban J connectivity index is 1.34. The van der Waals surface area contributed by atoms with Crippen molar-refractivity contribution in [3.05, 3.63) is 46.7 Å². The topological polar surface area (TPSA) is 67.9 Å². The number of nitrogens with zero attached hydrogens (tertiary/aromatic N) is 1. The second kappa shape index (κ2) is 7.37. The number of rotatable bonds is 4. The summed E-state index contributed by atoms with van der Waals surface area (Å²) in [5.74, 6) is 1.21. The van der Waals surface area contributed by atoms with Crippen molar-refractivity contribution in [2.24, 2.45) is 0 Å². The van der Waals surface area contributed by atoms with Crippen molar-refractivity contribution in [1.82, 2.24) is 10.2 Å². The number of carbonyl (C=O) groups is 2. The number of likely N-dealkylation sites (tertiary alicyclic amines) is 1. The number of thiophene rings is 1. The lowest BCUT2D eigenvalue weighted by Crippen LogP contribution is -2.49. The fourth-order valence-corrected chi connectivity index (χ4v) is 4.00. The molecule has 0 radical (unpaired) electrons. The maximum atomic E-state index is 12.6. The maximum Gasteiger partial charge on any atom is 0.264 e. The van der Waals surface area contributed by atoms with Gasteiger partial charge in [-0.05, 0) is 36.4 Å². The van der Waals surface area contributed by atoms with E-state index >= 15 is 0 Å². The normalized spacial score (nSPS) is 21.5. The first-order valence-electron chi connectivity index (χ1n) is 8.73. The lowest BCUT2D eigenvalue weighted by Gasteiger charge is -2.28. The van der Waals surface area contributed by atoms with E-state index in [1.807, 2.05) is 35.7 Å². The highest BCUT2D eigenvalue weighted by Gasteiger charge is 2.35. The van der Waals surface area contributed by atoms with Crippen LogP contribution in [0.2, 0.25) is 0 Å². The number of benzene rings is 1. The third-order valence-electron chi connectivity index (χ3n) is 4.62. The Kier molecular flexibility index (Phi) is 4.79. The predicted octanol–water partition coefficient (Wildman–Crippen LogP) is 2.31. The molecule has 0 bridgehead atoms. The van der Waals surface area contributed by atoms with Crippen LogP contribution in [0.5, 0.6) is 11.5 Å². The van der Waals surface area contributed by atoms with E-state index in [2.05, 4.69) is 5.32 Å². The Morgan fingerprint density at radius 3 is 2.85 bits per heavy atom. The van der Waals surface area contributed by atoms with E-state index in [1.54, 1.807) is 11.0 Å².